The maximum absolute atomic E-state index is 12.2. The molecule has 1 amide bonds. The van der Waals surface area contributed by atoms with Gasteiger partial charge in [-0.3, -0.25) is 4.79 Å². The molecule has 114 valence electrons. The standard InChI is InChI=1S/C16H22N2O3/c1-11(2)12-6-7-15(19)18(9-8-12)10-13-4-3-5-14(17-13)16(20)21/h3-5,11-12H,6-10H2,1-2H3,(H,20,21). The lowest BCUT2D eigenvalue weighted by atomic mass is 9.89. The first-order valence-corrected chi connectivity index (χ1v) is 7.44. The minimum absolute atomic E-state index is 0.0230. The largest absolute Gasteiger partial charge is 0.477 e. The van der Waals surface area contributed by atoms with Crippen LogP contribution in [0.15, 0.2) is 18.2 Å². The Balaban J connectivity index is 2.06. The topological polar surface area (TPSA) is 70.5 Å². The number of aromatic nitrogens is 1. The lowest BCUT2D eigenvalue weighted by Gasteiger charge is -2.21. The van der Waals surface area contributed by atoms with Crippen LogP contribution in [0.4, 0.5) is 0 Å². The molecular weight excluding hydrogens is 268 g/mol. The Labute approximate surface area is 125 Å². The zero-order valence-electron chi connectivity index (χ0n) is 12.6. The molecule has 21 heavy (non-hydrogen) atoms. The minimum Gasteiger partial charge on any atom is -0.477 e. The number of hydrogen-bond acceptors (Lipinski definition) is 3. The van der Waals surface area contributed by atoms with E-state index < -0.39 is 5.97 Å². The van der Waals surface area contributed by atoms with Crippen LogP contribution >= 0.6 is 0 Å². The summed E-state index contributed by atoms with van der Waals surface area (Å²) >= 11 is 0. The molecule has 0 bridgehead atoms. The highest BCUT2D eigenvalue weighted by molar-refractivity contribution is 5.85. The Morgan fingerprint density at radius 1 is 1.43 bits per heavy atom. The lowest BCUT2D eigenvalue weighted by Crippen LogP contribution is -2.30. The second kappa shape index (κ2) is 6.70. The van der Waals surface area contributed by atoms with Gasteiger partial charge >= 0.3 is 5.97 Å². The van der Waals surface area contributed by atoms with Crippen LogP contribution in [-0.4, -0.2) is 33.4 Å². The van der Waals surface area contributed by atoms with Gasteiger partial charge < -0.3 is 10.0 Å². The molecule has 5 nitrogen and oxygen atoms in total. The molecule has 2 heterocycles. The number of rotatable bonds is 4. The van der Waals surface area contributed by atoms with E-state index in [4.69, 9.17) is 5.11 Å². The van der Waals surface area contributed by atoms with Crippen molar-refractivity contribution in [1.29, 1.82) is 0 Å². The minimum atomic E-state index is -1.04. The predicted octanol–water partition coefficient (Wildman–Crippen LogP) is 2.56. The number of hydrogen-bond donors (Lipinski definition) is 1. The van der Waals surface area contributed by atoms with Gasteiger partial charge in [-0.05, 0) is 36.8 Å². The van der Waals surface area contributed by atoms with E-state index >= 15 is 0 Å². The van der Waals surface area contributed by atoms with Crippen LogP contribution in [0.1, 0.15) is 49.3 Å². The highest BCUT2D eigenvalue weighted by Crippen LogP contribution is 2.25. The van der Waals surface area contributed by atoms with Crippen molar-refractivity contribution in [3.05, 3.63) is 29.6 Å². The van der Waals surface area contributed by atoms with Gasteiger partial charge in [-0.1, -0.05) is 19.9 Å². The second-order valence-corrected chi connectivity index (χ2v) is 5.97. The third kappa shape index (κ3) is 4.03. The van der Waals surface area contributed by atoms with E-state index in [2.05, 4.69) is 18.8 Å². The zero-order valence-corrected chi connectivity index (χ0v) is 12.6. The molecular formula is C16H22N2O3. The number of likely N-dealkylation sites (tertiary alicyclic amines) is 1. The van der Waals surface area contributed by atoms with Crippen molar-refractivity contribution in [3.63, 3.8) is 0 Å². The summed E-state index contributed by atoms with van der Waals surface area (Å²) in [6.07, 6.45) is 2.51. The molecule has 0 radical (unpaired) electrons. The number of carbonyl (C=O) groups excluding carboxylic acids is 1. The van der Waals surface area contributed by atoms with E-state index in [1.165, 1.54) is 6.07 Å². The zero-order chi connectivity index (χ0) is 15.4. The molecule has 1 fully saturated rings. The Morgan fingerprint density at radius 2 is 2.19 bits per heavy atom. The average molecular weight is 290 g/mol. The van der Waals surface area contributed by atoms with Gasteiger partial charge in [-0.15, -0.1) is 0 Å². The number of carboxylic acids is 1. The smallest absolute Gasteiger partial charge is 0.354 e. The molecule has 1 N–H and O–H groups in total. The SMILES string of the molecule is CC(C)C1CCC(=O)N(Cc2cccc(C(=O)O)n2)CC1. The van der Waals surface area contributed by atoms with Crippen LogP contribution in [-0.2, 0) is 11.3 Å². The number of carbonyl (C=O) groups is 2. The molecule has 1 aliphatic heterocycles. The Kier molecular flexibility index (Phi) is 4.94. The number of aromatic carboxylic acids is 1. The van der Waals surface area contributed by atoms with Gasteiger partial charge in [0.2, 0.25) is 5.91 Å². The molecule has 1 unspecified atom stereocenters. The summed E-state index contributed by atoms with van der Waals surface area (Å²) in [5.74, 6) is 0.267. The summed E-state index contributed by atoms with van der Waals surface area (Å²) in [5, 5.41) is 8.96. The highest BCUT2D eigenvalue weighted by Gasteiger charge is 2.24. The molecule has 2 rings (SSSR count). The van der Waals surface area contributed by atoms with Gasteiger partial charge in [0, 0.05) is 13.0 Å². The van der Waals surface area contributed by atoms with Crippen LogP contribution in [0, 0.1) is 11.8 Å². The lowest BCUT2D eigenvalue weighted by molar-refractivity contribution is -0.131. The molecule has 0 aliphatic carbocycles. The number of carboxylic acid groups (broad SMARTS) is 1. The first-order valence-electron chi connectivity index (χ1n) is 7.44. The van der Waals surface area contributed by atoms with Gasteiger partial charge in [0.15, 0.2) is 0 Å². The predicted molar refractivity (Wildman–Crippen MR) is 78.8 cm³/mol. The normalized spacial score (nSPS) is 19.7. The molecule has 1 aromatic rings. The molecule has 0 aromatic carbocycles. The second-order valence-electron chi connectivity index (χ2n) is 5.97. The summed E-state index contributed by atoms with van der Waals surface area (Å²) in [7, 11) is 0. The summed E-state index contributed by atoms with van der Waals surface area (Å²) < 4.78 is 0. The highest BCUT2D eigenvalue weighted by atomic mass is 16.4. The van der Waals surface area contributed by atoms with Gasteiger partial charge in [-0.2, -0.15) is 0 Å². The monoisotopic (exact) mass is 290 g/mol. The van der Waals surface area contributed by atoms with Crippen molar-refractivity contribution < 1.29 is 14.7 Å². The van der Waals surface area contributed by atoms with E-state index in [-0.39, 0.29) is 11.6 Å². The quantitative estimate of drug-likeness (QED) is 0.925. The molecule has 0 saturated carbocycles. The molecule has 1 aromatic heterocycles. The maximum Gasteiger partial charge on any atom is 0.354 e. The van der Waals surface area contributed by atoms with E-state index in [0.717, 1.165) is 19.4 Å². The molecule has 1 aliphatic rings. The van der Waals surface area contributed by atoms with Crippen LogP contribution in [0.25, 0.3) is 0 Å². The number of nitrogens with zero attached hydrogens (tertiary/aromatic N) is 2. The average Bonchev–Trinajstić information content (AvgIpc) is 2.62. The summed E-state index contributed by atoms with van der Waals surface area (Å²) in [6.45, 7) is 5.51. The van der Waals surface area contributed by atoms with E-state index in [1.54, 1.807) is 17.0 Å². The van der Waals surface area contributed by atoms with E-state index in [1.807, 2.05) is 0 Å². The van der Waals surface area contributed by atoms with Gasteiger partial charge in [-0.25, -0.2) is 9.78 Å². The fourth-order valence-electron chi connectivity index (χ4n) is 2.77. The first-order chi connectivity index (χ1) is 9.97. The van der Waals surface area contributed by atoms with Crippen LogP contribution in [0.5, 0.6) is 0 Å². The van der Waals surface area contributed by atoms with Crippen molar-refractivity contribution in [2.45, 2.75) is 39.7 Å². The summed E-state index contributed by atoms with van der Waals surface area (Å²) in [6, 6.07) is 4.90. The molecule has 0 spiro atoms. The summed E-state index contributed by atoms with van der Waals surface area (Å²) in [4.78, 5) is 29.0. The fraction of sp³-hybridized carbons (Fsp3) is 0.562. The molecule has 5 heteroatoms. The number of amides is 1. The Morgan fingerprint density at radius 3 is 2.86 bits per heavy atom. The van der Waals surface area contributed by atoms with E-state index in [0.29, 0.717) is 30.5 Å². The third-order valence-electron chi connectivity index (χ3n) is 4.17. The van der Waals surface area contributed by atoms with Crippen molar-refractivity contribution in [2.75, 3.05) is 6.54 Å². The van der Waals surface area contributed by atoms with Crippen molar-refractivity contribution in [2.24, 2.45) is 11.8 Å². The van der Waals surface area contributed by atoms with Crippen molar-refractivity contribution in [3.8, 4) is 0 Å². The maximum atomic E-state index is 12.2. The third-order valence-corrected chi connectivity index (χ3v) is 4.17. The molecule has 1 saturated heterocycles. The van der Waals surface area contributed by atoms with Gasteiger partial charge in [0.25, 0.3) is 0 Å². The van der Waals surface area contributed by atoms with Gasteiger partial charge in [0.05, 0.1) is 12.2 Å². The fourth-order valence-corrected chi connectivity index (χ4v) is 2.77. The van der Waals surface area contributed by atoms with Crippen LogP contribution in [0.3, 0.4) is 0 Å². The first kappa shape index (κ1) is 15.5. The van der Waals surface area contributed by atoms with Crippen LogP contribution in [0.2, 0.25) is 0 Å². The van der Waals surface area contributed by atoms with Gasteiger partial charge in [0.1, 0.15) is 5.69 Å². The Hall–Kier alpha value is -1.91. The van der Waals surface area contributed by atoms with E-state index in [9.17, 15) is 9.59 Å². The van der Waals surface area contributed by atoms with Crippen LogP contribution < -0.4 is 0 Å². The summed E-state index contributed by atoms with van der Waals surface area (Å²) in [5.41, 5.74) is 0.654. The molecule has 1 atom stereocenters. The van der Waals surface area contributed by atoms with Crippen molar-refractivity contribution >= 4 is 11.9 Å². The van der Waals surface area contributed by atoms with Crippen molar-refractivity contribution in [1.82, 2.24) is 9.88 Å². The number of pyridine rings is 1. The Bertz CT molecular complexity index is 528.